The second kappa shape index (κ2) is 7.02. The molecule has 4 saturated carbocycles. The van der Waals surface area contributed by atoms with Crippen molar-refractivity contribution in [2.75, 3.05) is 6.61 Å². The Bertz CT molecular complexity index is 789. The van der Waals surface area contributed by atoms with E-state index in [2.05, 4.69) is 27.7 Å². The molecule has 0 bridgehead atoms. The molecule has 13 atom stereocenters. The van der Waals surface area contributed by atoms with Gasteiger partial charge in [-0.1, -0.05) is 27.7 Å². The van der Waals surface area contributed by atoms with Gasteiger partial charge in [0.15, 0.2) is 11.6 Å². The summed E-state index contributed by atoms with van der Waals surface area (Å²) < 4.78 is 13.3. The zero-order valence-electron chi connectivity index (χ0n) is 20.3. The molecule has 0 aromatic heterocycles. The molecular formula is C27H42O5. The Kier molecular flexibility index (Phi) is 4.83. The minimum Gasteiger partial charge on any atom is -0.392 e. The average molecular weight is 447 g/mol. The summed E-state index contributed by atoms with van der Waals surface area (Å²) in [5.41, 5.74) is 0.0241. The monoisotopic (exact) mass is 446 g/mol. The topological polar surface area (TPSA) is 76.0 Å². The van der Waals surface area contributed by atoms with E-state index >= 15 is 0 Å². The summed E-state index contributed by atoms with van der Waals surface area (Å²) in [6, 6.07) is 0. The molecule has 5 nitrogen and oxygen atoms in total. The zero-order chi connectivity index (χ0) is 22.6. The smallest absolute Gasteiger partial charge is 0.171 e. The molecule has 0 unspecified atom stereocenters. The van der Waals surface area contributed by atoms with Crippen molar-refractivity contribution in [3.63, 3.8) is 0 Å². The third-order valence-corrected chi connectivity index (χ3v) is 11.8. The molecule has 0 aromatic rings. The summed E-state index contributed by atoms with van der Waals surface area (Å²) in [4.78, 5) is 12.9. The lowest BCUT2D eigenvalue weighted by atomic mass is 9.43. The van der Waals surface area contributed by atoms with Crippen LogP contribution >= 0.6 is 0 Å². The van der Waals surface area contributed by atoms with E-state index < -0.39 is 18.1 Å². The Hall–Kier alpha value is -0.490. The Labute approximate surface area is 192 Å². The highest BCUT2D eigenvalue weighted by molar-refractivity contribution is 5.87. The molecule has 0 aromatic carbocycles. The molecule has 2 N–H and O–H groups in total. The number of aliphatic hydroxyl groups is 2. The molecular weight excluding hydrogens is 404 g/mol. The first-order valence-corrected chi connectivity index (χ1v) is 13.3. The summed E-state index contributed by atoms with van der Waals surface area (Å²) in [6.07, 6.45) is 6.41. The summed E-state index contributed by atoms with van der Waals surface area (Å²) in [5.74, 6) is 2.07. The normalized spacial score (nSPS) is 61.8. The number of carbonyl (C=O) groups excluding carboxylic acids is 1. The summed E-state index contributed by atoms with van der Waals surface area (Å²) in [5, 5.41) is 21.4. The maximum atomic E-state index is 12.9. The summed E-state index contributed by atoms with van der Waals surface area (Å²) >= 11 is 0. The van der Waals surface area contributed by atoms with E-state index in [9.17, 15) is 15.0 Å². The molecule has 2 saturated heterocycles. The Balaban J connectivity index is 1.29. The van der Waals surface area contributed by atoms with E-state index in [4.69, 9.17) is 9.47 Å². The van der Waals surface area contributed by atoms with Gasteiger partial charge in [0.05, 0.1) is 24.7 Å². The van der Waals surface area contributed by atoms with E-state index in [1.807, 2.05) is 0 Å². The van der Waals surface area contributed by atoms with Gasteiger partial charge in [0.2, 0.25) is 0 Å². The Morgan fingerprint density at radius 1 is 0.938 bits per heavy atom. The molecule has 5 heteroatoms. The van der Waals surface area contributed by atoms with Crippen molar-refractivity contribution in [3.8, 4) is 0 Å². The van der Waals surface area contributed by atoms with Crippen LogP contribution in [0.4, 0.5) is 0 Å². The van der Waals surface area contributed by atoms with Crippen LogP contribution in [0.5, 0.6) is 0 Å². The van der Waals surface area contributed by atoms with Crippen LogP contribution in [0, 0.1) is 52.3 Å². The molecule has 1 spiro atoms. The van der Waals surface area contributed by atoms with E-state index in [-0.39, 0.29) is 28.5 Å². The van der Waals surface area contributed by atoms with E-state index in [0.29, 0.717) is 48.3 Å². The lowest BCUT2D eigenvalue weighted by molar-refractivity contribution is -0.273. The van der Waals surface area contributed by atoms with Crippen molar-refractivity contribution in [1.29, 1.82) is 0 Å². The van der Waals surface area contributed by atoms with Crippen molar-refractivity contribution in [1.82, 2.24) is 0 Å². The van der Waals surface area contributed by atoms with Crippen molar-refractivity contribution in [2.45, 2.75) is 103 Å². The van der Waals surface area contributed by atoms with Gasteiger partial charge in [0, 0.05) is 12.3 Å². The van der Waals surface area contributed by atoms with Gasteiger partial charge in [-0.05, 0) is 85.4 Å². The van der Waals surface area contributed by atoms with Crippen LogP contribution in [0.15, 0.2) is 0 Å². The lowest BCUT2D eigenvalue weighted by Gasteiger charge is -2.61. The predicted octanol–water partition coefficient (Wildman–Crippen LogP) is 3.94. The van der Waals surface area contributed by atoms with Crippen LogP contribution in [0.25, 0.3) is 0 Å². The van der Waals surface area contributed by atoms with Gasteiger partial charge < -0.3 is 19.7 Å². The molecule has 6 rings (SSSR count). The van der Waals surface area contributed by atoms with Gasteiger partial charge in [-0.15, -0.1) is 0 Å². The highest BCUT2D eigenvalue weighted by Gasteiger charge is 2.70. The van der Waals surface area contributed by atoms with Crippen LogP contribution < -0.4 is 0 Å². The number of hydrogen-bond acceptors (Lipinski definition) is 5. The number of carbonyl (C=O) groups is 1. The van der Waals surface area contributed by atoms with Crippen LogP contribution in [0.3, 0.4) is 0 Å². The molecule has 0 amide bonds. The number of rotatable bonds is 0. The molecule has 6 fully saturated rings. The van der Waals surface area contributed by atoms with Crippen LogP contribution in [-0.4, -0.2) is 46.7 Å². The first-order chi connectivity index (χ1) is 15.1. The molecule has 180 valence electrons. The number of fused-ring (bicyclic) bond motifs is 7. The summed E-state index contributed by atoms with van der Waals surface area (Å²) in [7, 11) is 0. The Morgan fingerprint density at radius 3 is 2.41 bits per heavy atom. The number of ketones is 1. The van der Waals surface area contributed by atoms with Crippen molar-refractivity contribution < 1.29 is 24.5 Å². The first kappa shape index (κ1) is 22.0. The van der Waals surface area contributed by atoms with Crippen molar-refractivity contribution in [3.05, 3.63) is 0 Å². The molecule has 2 heterocycles. The zero-order valence-corrected chi connectivity index (χ0v) is 20.3. The van der Waals surface area contributed by atoms with E-state index in [1.54, 1.807) is 0 Å². The van der Waals surface area contributed by atoms with Gasteiger partial charge in [-0.2, -0.15) is 0 Å². The number of aliphatic hydroxyl groups excluding tert-OH is 2. The Morgan fingerprint density at radius 2 is 1.69 bits per heavy atom. The van der Waals surface area contributed by atoms with Gasteiger partial charge >= 0.3 is 0 Å². The maximum absolute atomic E-state index is 12.9. The van der Waals surface area contributed by atoms with Crippen LogP contribution in [-0.2, 0) is 14.3 Å². The van der Waals surface area contributed by atoms with Crippen molar-refractivity contribution in [2.24, 2.45) is 52.3 Å². The van der Waals surface area contributed by atoms with Gasteiger partial charge in [-0.25, -0.2) is 0 Å². The van der Waals surface area contributed by atoms with Crippen LogP contribution in [0.1, 0.15) is 79.1 Å². The van der Waals surface area contributed by atoms with Crippen LogP contribution in [0.2, 0.25) is 0 Å². The van der Waals surface area contributed by atoms with Gasteiger partial charge in [0.25, 0.3) is 0 Å². The van der Waals surface area contributed by atoms with E-state index in [0.717, 1.165) is 32.3 Å². The number of ether oxygens (including phenoxy) is 2. The maximum Gasteiger partial charge on any atom is 0.171 e. The first-order valence-electron chi connectivity index (χ1n) is 13.3. The number of Topliss-reactive ketones (excluding diaryl/α,β-unsaturated/α-hetero) is 1. The second-order valence-corrected chi connectivity index (χ2v) is 13.1. The third kappa shape index (κ3) is 2.69. The van der Waals surface area contributed by atoms with Gasteiger partial charge in [-0.3, -0.25) is 4.79 Å². The number of hydrogen-bond donors (Lipinski definition) is 2. The lowest BCUT2D eigenvalue weighted by Crippen LogP contribution is -2.61. The molecule has 0 radical (unpaired) electrons. The van der Waals surface area contributed by atoms with E-state index in [1.165, 1.54) is 12.8 Å². The SMILES string of the molecule is C[C@@H]1CC[C@@]2(OC1)O[C@H]1C[C@H]3[C@@H]4C[C@@H](O)[C@H]5C(=O)[C@@H](O)CC[C@]5(C)[C@H]4CC[C@]3(C)[C@H]1[C@@H]2C. The fourth-order valence-corrected chi connectivity index (χ4v) is 10.2. The highest BCUT2D eigenvalue weighted by atomic mass is 16.7. The fraction of sp³-hybridized carbons (Fsp3) is 0.963. The fourth-order valence-electron chi connectivity index (χ4n) is 10.2. The third-order valence-electron chi connectivity index (χ3n) is 11.8. The predicted molar refractivity (Wildman–Crippen MR) is 120 cm³/mol. The largest absolute Gasteiger partial charge is 0.392 e. The molecule has 6 aliphatic rings. The highest BCUT2D eigenvalue weighted by Crippen LogP contribution is 2.71. The second-order valence-electron chi connectivity index (χ2n) is 13.1. The van der Waals surface area contributed by atoms with Crippen molar-refractivity contribution >= 4 is 5.78 Å². The quantitative estimate of drug-likeness (QED) is 0.589. The standard InChI is InChI=1S/C27H42O5/c1-14-5-10-27(31-13-14)15(2)22-21(32-27)12-18-16-11-20(29)23-24(30)19(28)7-9-25(23,3)17(16)6-8-26(18,22)4/h14-23,28-29H,5-13H2,1-4H3/t14-,15+,16-,17+,18+,19+,20-,21+,22+,23+,25-,26+,27-/m1/s1. The minimum absolute atomic E-state index is 0.108. The molecule has 4 aliphatic carbocycles. The average Bonchev–Trinajstić information content (AvgIpc) is 3.18. The van der Waals surface area contributed by atoms with Gasteiger partial charge in [0.1, 0.15) is 6.10 Å². The summed E-state index contributed by atoms with van der Waals surface area (Å²) in [6.45, 7) is 10.2. The minimum atomic E-state index is -0.886. The molecule has 32 heavy (non-hydrogen) atoms. The molecule has 2 aliphatic heterocycles.